The van der Waals surface area contributed by atoms with Crippen LogP contribution in [0.3, 0.4) is 0 Å². The van der Waals surface area contributed by atoms with E-state index in [0.29, 0.717) is 18.8 Å². The Bertz CT molecular complexity index is 869. The SMILES string of the molecule is CCOc1ccc(CCCNC(=O)CN(c2ccccc2)S(=O)(=O)N(C)C)cc1. The quantitative estimate of drug-likeness (QED) is 0.568. The molecule has 0 aliphatic carbocycles. The molecular weight excluding hydrogens is 390 g/mol. The molecule has 1 N–H and O–H groups in total. The molecule has 0 aliphatic heterocycles. The number of nitrogens with zero attached hydrogens (tertiary/aromatic N) is 2. The molecule has 0 unspecified atom stereocenters. The van der Waals surface area contributed by atoms with Crippen molar-refractivity contribution >= 4 is 21.8 Å². The van der Waals surface area contributed by atoms with Gasteiger partial charge in [-0.2, -0.15) is 12.7 Å². The Kier molecular flexibility index (Phi) is 8.48. The molecule has 0 saturated carbocycles. The van der Waals surface area contributed by atoms with Crippen LogP contribution in [0.1, 0.15) is 18.9 Å². The van der Waals surface area contributed by atoms with E-state index in [1.165, 1.54) is 14.1 Å². The maximum atomic E-state index is 12.6. The highest BCUT2D eigenvalue weighted by Gasteiger charge is 2.26. The summed E-state index contributed by atoms with van der Waals surface area (Å²) in [7, 11) is -0.887. The van der Waals surface area contributed by atoms with E-state index in [2.05, 4.69) is 5.32 Å². The molecule has 0 spiro atoms. The fourth-order valence-corrected chi connectivity index (χ4v) is 3.79. The molecule has 8 heteroatoms. The predicted octanol–water partition coefficient (Wildman–Crippen LogP) is 2.45. The molecule has 2 rings (SSSR count). The number of carbonyl (C=O) groups is 1. The summed E-state index contributed by atoms with van der Waals surface area (Å²) >= 11 is 0. The minimum absolute atomic E-state index is 0.270. The van der Waals surface area contributed by atoms with Crippen molar-refractivity contribution in [2.24, 2.45) is 0 Å². The van der Waals surface area contributed by atoms with Crippen molar-refractivity contribution in [1.29, 1.82) is 0 Å². The monoisotopic (exact) mass is 419 g/mol. The van der Waals surface area contributed by atoms with Gasteiger partial charge in [0.15, 0.2) is 0 Å². The number of amides is 1. The molecule has 1 amide bonds. The van der Waals surface area contributed by atoms with Gasteiger partial charge in [0.1, 0.15) is 12.3 Å². The summed E-state index contributed by atoms with van der Waals surface area (Å²) in [4.78, 5) is 12.4. The molecule has 2 aromatic carbocycles. The van der Waals surface area contributed by atoms with Crippen LogP contribution in [0.15, 0.2) is 54.6 Å². The van der Waals surface area contributed by atoms with Crippen LogP contribution in [-0.4, -0.2) is 52.4 Å². The van der Waals surface area contributed by atoms with Crippen molar-refractivity contribution in [2.75, 3.05) is 38.1 Å². The Morgan fingerprint density at radius 2 is 1.69 bits per heavy atom. The summed E-state index contributed by atoms with van der Waals surface area (Å²) in [5.74, 6) is 0.499. The number of hydrogen-bond donors (Lipinski definition) is 1. The fourth-order valence-electron chi connectivity index (χ4n) is 2.72. The van der Waals surface area contributed by atoms with Crippen molar-refractivity contribution in [3.8, 4) is 5.75 Å². The predicted molar refractivity (Wildman–Crippen MR) is 115 cm³/mol. The number of aryl methyl sites for hydroxylation is 1. The molecule has 0 fully saturated rings. The number of para-hydroxylation sites is 1. The molecule has 158 valence electrons. The highest BCUT2D eigenvalue weighted by Crippen LogP contribution is 2.18. The molecule has 0 heterocycles. The third-order valence-electron chi connectivity index (χ3n) is 4.27. The third-order valence-corrected chi connectivity index (χ3v) is 6.09. The first-order valence-corrected chi connectivity index (χ1v) is 11.0. The zero-order valence-electron chi connectivity index (χ0n) is 17.2. The number of ether oxygens (including phenoxy) is 1. The molecular formula is C21H29N3O4S. The third kappa shape index (κ3) is 6.76. The van der Waals surface area contributed by atoms with Crippen LogP contribution in [0, 0.1) is 0 Å². The minimum Gasteiger partial charge on any atom is -0.494 e. The van der Waals surface area contributed by atoms with E-state index in [0.717, 1.165) is 32.8 Å². The lowest BCUT2D eigenvalue weighted by molar-refractivity contribution is -0.119. The Hall–Kier alpha value is -2.58. The number of hydrogen-bond acceptors (Lipinski definition) is 4. The van der Waals surface area contributed by atoms with E-state index in [1.807, 2.05) is 31.2 Å². The topological polar surface area (TPSA) is 79.0 Å². The fraction of sp³-hybridized carbons (Fsp3) is 0.381. The standard InChI is InChI=1S/C21H29N3O4S/c1-4-28-20-14-12-18(13-15-20)9-8-16-22-21(25)17-24(29(26,27)23(2)3)19-10-6-5-7-11-19/h5-7,10-15H,4,8-9,16-17H2,1-3H3,(H,22,25). The zero-order valence-corrected chi connectivity index (χ0v) is 18.0. The van der Waals surface area contributed by atoms with Crippen molar-refractivity contribution in [3.63, 3.8) is 0 Å². The second-order valence-electron chi connectivity index (χ2n) is 6.66. The summed E-state index contributed by atoms with van der Waals surface area (Å²) in [5.41, 5.74) is 1.61. The average Bonchev–Trinajstić information content (AvgIpc) is 2.71. The normalized spacial score (nSPS) is 11.3. The average molecular weight is 420 g/mol. The summed E-state index contributed by atoms with van der Waals surface area (Å²) in [6.45, 7) is 2.78. The van der Waals surface area contributed by atoms with Crippen LogP contribution in [0.2, 0.25) is 0 Å². The van der Waals surface area contributed by atoms with Gasteiger partial charge in [0.2, 0.25) is 5.91 Å². The van der Waals surface area contributed by atoms with Crippen molar-refractivity contribution in [1.82, 2.24) is 9.62 Å². The first-order chi connectivity index (χ1) is 13.8. The van der Waals surface area contributed by atoms with Gasteiger partial charge in [-0.15, -0.1) is 0 Å². The maximum absolute atomic E-state index is 12.6. The number of rotatable bonds is 11. The van der Waals surface area contributed by atoms with E-state index in [4.69, 9.17) is 4.74 Å². The minimum atomic E-state index is -3.78. The Balaban J connectivity index is 1.88. The highest BCUT2D eigenvalue weighted by atomic mass is 32.2. The lowest BCUT2D eigenvalue weighted by Crippen LogP contribution is -2.46. The number of anilines is 1. The van der Waals surface area contributed by atoms with Gasteiger partial charge in [-0.05, 0) is 49.6 Å². The lowest BCUT2D eigenvalue weighted by Gasteiger charge is -2.26. The van der Waals surface area contributed by atoms with E-state index in [9.17, 15) is 13.2 Å². The number of benzene rings is 2. The number of nitrogens with one attached hydrogen (secondary N) is 1. The van der Waals surface area contributed by atoms with Crippen LogP contribution in [0.25, 0.3) is 0 Å². The van der Waals surface area contributed by atoms with E-state index < -0.39 is 10.2 Å². The molecule has 2 aromatic rings. The summed E-state index contributed by atoms with van der Waals surface area (Å²) in [6.07, 6.45) is 1.57. The summed E-state index contributed by atoms with van der Waals surface area (Å²) in [5, 5.41) is 2.81. The first-order valence-electron chi connectivity index (χ1n) is 9.58. The second-order valence-corrected chi connectivity index (χ2v) is 8.73. The molecule has 0 radical (unpaired) electrons. The van der Waals surface area contributed by atoms with Crippen LogP contribution in [0.4, 0.5) is 5.69 Å². The summed E-state index contributed by atoms with van der Waals surface area (Å²) in [6, 6.07) is 16.5. The molecule has 7 nitrogen and oxygen atoms in total. The van der Waals surface area contributed by atoms with Crippen LogP contribution >= 0.6 is 0 Å². The zero-order chi connectivity index (χ0) is 21.3. The van der Waals surface area contributed by atoms with Crippen molar-refractivity contribution in [2.45, 2.75) is 19.8 Å². The van der Waals surface area contributed by atoms with Gasteiger partial charge in [-0.1, -0.05) is 30.3 Å². The van der Waals surface area contributed by atoms with Gasteiger partial charge in [0.25, 0.3) is 0 Å². The van der Waals surface area contributed by atoms with E-state index >= 15 is 0 Å². The molecule has 0 saturated heterocycles. The largest absolute Gasteiger partial charge is 0.494 e. The van der Waals surface area contributed by atoms with Gasteiger partial charge in [-0.3, -0.25) is 4.79 Å². The van der Waals surface area contributed by atoms with Crippen LogP contribution < -0.4 is 14.4 Å². The number of carbonyl (C=O) groups excluding carboxylic acids is 1. The molecule has 0 bridgehead atoms. The van der Waals surface area contributed by atoms with Gasteiger partial charge < -0.3 is 10.1 Å². The van der Waals surface area contributed by atoms with Gasteiger partial charge in [-0.25, -0.2) is 4.31 Å². The smallest absolute Gasteiger partial charge is 0.304 e. The van der Waals surface area contributed by atoms with Crippen LogP contribution in [-0.2, 0) is 21.4 Å². The Labute approximate surface area is 173 Å². The first kappa shape index (κ1) is 22.7. The molecule has 0 aliphatic rings. The maximum Gasteiger partial charge on any atom is 0.304 e. The van der Waals surface area contributed by atoms with Crippen molar-refractivity contribution in [3.05, 3.63) is 60.2 Å². The van der Waals surface area contributed by atoms with Crippen LogP contribution in [0.5, 0.6) is 5.75 Å². The highest BCUT2D eigenvalue weighted by molar-refractivity contribution is 7.90. The molecule has 0 aromatic heterocycles. The second kappa shape index (κ2) is 10.8. The lowest BCUT2D eigenvalue weighted by atomic mass is 10.1. The Morgan fingerprint density at radius 3 is 2.28 bits per heavy atom. The van der Waals surface area contributed by atoms with Gasteiger partial charge >= 0.3 is 10.2 Å². The Morgan fingerprint density at radius 1 is 1.03 bits per heavy atom. The van der Waals surface area contributed by atoms with Crippen molar-refractivity contribution < 1.29 is 17.9 Å². The van der Waals surface area contributed by atoms with E-state index in [1.54, 1.807) is 30.3 Å². The molecule has 0 atom stereocenters. The van der Waals surface area contributed by atoms with Gasteiger partial charge in [0, 0.05) is 20.6 Å². The van der Waals surface area contributed by atoms with E-state index in [-0.39, 0.29) is 12.5 Å². The van der Waals surface area contributed by atoms with Gasteiger partial charge in [0.05, 0.1) is 12.3 Å². The summed E-state index contributed by atoms with van der Waals surface area (Å²) < 4.78 is 32.9. The molecule has 29 heavy (non-hydrogen) atoms.